The first-order valence-corrected chi connectivity index (χ1v) is 6.66. The minimum Gasteiger partial charge on any atom is -0.457 e. The highest BCUT2D eigenvalue weighted by molar-refractivity contribution is 5.59. The minimum absolute atomic E-state index is 0.721. The predicted octanol–water partition coefficient (Wildman–Crippen LogP) is 2.98. The molecule has 0 aliphatic carbocycles. The maximum absolute atomic E-state index is 5.80. The molecule has 0 saturated carbocycles. The zero-order valence-corrected chi connectivity index (χ0v) is 11.9. The number of ether oxygens (including phenoxy) is 1. The highest BCUT2D eigenvalue weighted by Crippen LogP contribution is 2.22. The van der Waals surface area contributed by atoms with Gasteiger partial charge in [-0.3, -0.25) is 4.98 Å². The topological polar surface area (TPSA) is 47.3 Å². The zero-order chi connectivity index (χ0) is 14.2. The molecule has 2 rings (SSSR count). The summed E-state index contributed by atoms with van der Waals surface area (Å²) < 4.78 is 10.8. The smallest absolute Gasteiger partial charge is 0.136 e. The minimum atomic E-state index is 0.721. The van der Waals surface area contributed by atoms with Gasteiger partial charge in [0.05, 0.1) is 6.61 Å². The first-order valence-electron chi connectivity index (χ1n) is 6.66. The molecule has 4 heteroatoms. The number of aromatic nitrogens is 1. The zero-order valence-electron chi connectivity index (χ0n) is 11.9. The standard InChI is InChI=1S/C16H20N2O2/c1-13(11-18-8-9-19-2)10-15-5-6-16(20-15)14-4-3-7-17-12-14/h3-7,10,12,18H,8-9,11H2,1-2H3. The van der Waals surface area contributed by atoms with Gasteiger partial charge in [0.25, 0.3) is 0 Å². The Balaban J connectivity index is 1.95. The van der Waals surface area contributed by atoms with Crippen molar-refractivity contribution >= 4 is 6.08 Å². The molecule has 2 aromatic rings. The summed E-state index contributed by atoms with van der Waals surface area (Å²) in [6.45, 7) is 4.47. The van der Waals surface area contributed by atoms with Crippen LogP contribution in [0, 0.1) is 0 Å². The highest BCUT2D eigenvalue weighted by Gasteiger charge is 2.03. The maximum Gasteiger partial charge on any atom is 0.136 e. The van der Waals surface area contributed by atoms with Gasteiger partial charge in [0.15, 0.2) is 0 Å². The number of rotatable bonds is 7. The molecule has 2 aromatic heterocycles. The van der Waals surface area contributed by atoms with Crippen molar-refractivity contribution in [1.82, 2.24) is 10.3 Å². The summed E-state index contributed by atoms with van der Waals surface area (Å²) in [7, 11) is 1.70. The summed E-state index contributed by atoms with van der Waals surface area (Å²) in [6.07, 6.45) is 5.59. The van der Waals surface area contributed by atoms with E-state index in [1.165, 1.54) is 5.57 Å². The van der Waals surface area contributed by atoms with Crippen LogP contribution in [0.5, 0.6) is 0 Å². The molecule has 0 fully saturated rings. The Morgan fingerprint density at radius 2 is 2.30 bits per heavy atom. The Bertz CT molecular complexity index is 547. The van der Waals surface area contributed by atoms with E-state index < -0.39 is 0 Å². The Morgan fingerprint density at radius 3 is 3.05 bits per heavy atom. The summed E-state index contributed by atoms with van der Waals surface area (Å²) in [4.78, 5) is 4.09. The lowest BCUT2D eigenvalue weighted by Crippen LogP contribution is -2.20. The number of hydrogen-bond acceptors (Lipinski definition) is 4. The van der Waals surface area contributed by atoms with Gasteiger partial charge in [-0.05, 0) is 37.3 Å². The van der Waals surface area contributed by atoms with E-state index in [1.807, 2.05) is 30.3 Å². The van der Waals surface area contributed by atoms with E-state index in [1.54, 1.807) is 19.5 Å². The summed E-state index contributed by atoms with van der Waals surface area (Å²) in [5.41, 5.74) is 2.20. The molecular formula is C16H20N2O2. The van der Waals surface area contributed by atoms with E-state index in [0.29, 0.717) is 0 Å². The van der Waals surface area contributed by atoms with Crippen molar-refractivity contribution < 1.29 is 9.15 Å². The van der Waals surface area contributed by atoms with E-state index in [-0.39, 0.29) is 0 Å². The first-order chi connectivity index (χ1) is 9.79. The Kier molecular flexibility index (Phi) is 5.53. The summed E-state index contributed by atoms with van der Waals surface area (Å²) in [6, 6.07) is 7.83. The van der Waals surface area contributed by atoms with Gasteiger partial charge in [0, 0.05) is 38.2 Å². The average molecular weight is 272 g/mol. The van der Waals surface area contributed by atoms with Crippen LogP contribution < -0.4 is 5.32 Å². The van der Waals surface area contributed by atoms with E-state index in [4.69, 9.17) is 9.15 Å². The lowest BCUT2D eigenvalue weighted by atomic mass is 10.2. The summed E-state index contributed by atoms with van der Waals surface area (Å²) >= 11 is 0. The maximum atomic E-state index is 5.80. The van der Waals surface area contributed by atoms with Gasteiger partial charge in [-0.25, -0.2) is 0 Å². The Morgan fingerprint density at radius 1 is 1.40 bits per heavy atom. The van der Waals surface area contributed by atoms with Gasteiger partial charge in [-0.2, -0.15) is 0 Å². The van der Waals surface area contributed by atoms with Gasteiger partial charge < -0.3 is 14.5 Å². The number of nitrogens with zero attached hydrogens (tertiary/aromatic N) is 1. The molecule has 0 aliphatic heterocycles. The van der Waals surface area contributed by atoms with Crippen LogP contribution in [0.4, 0.5) is 0 Å². The second kappa shape index (κ2) is 7.62. The number of hydrogen-bond donors (Lipinski definition) is 1. The average Bonchev–Trinajstić information content (AvgIpc) is 2.93. The van der Waals surface area contributed by atoms with Crippen LogP contribution in [0.2, 0.25) is 0 Å². The van der Waals surface area contributed by atoms with Gasteiger partial charge in [0.1, 0.15) is 11.5 Å². The second-order valence-electron chi connectivity index (χ2n) is 4.60. The van der Waals surface area contributed by atoms with Crippen molar-refractivity contribution in [1.29, 1.82) is 0 Å². The quantitative estimate of drug-likeness (QED) is 0.787. The van der Waals surface area contributed by atoms with E-state index in [9.17, 15) is 0 Å². The largest absolute Gasteiger partial charge is 0.457 e. The van der Waals surface area contributed by atoms with E-state index in [0.717, 1.165) is 36.8 Å². The van der Waals surface area contributed by atoms with Crippen molar-refractivity contribution in [3.05, 3.63) is 48.0 Å². The van der Waals surface area contributed by atoms with Crippen LogP contribution in [0.25, 0.3) is 17.4 Å². The molecular weight excluding hydrogens is 252 g/mol. The molecule has 0 aliphatic rings. The molecule has 0 bridgehead atoms. The summed E-state index contributed by atoms with van der Waals surface area (Å²) in [5, 5.41) is 3.30. The van der Waals surface area contributed by atoms with E-state index in [2.05, 4.69) is 17.2 Å². The lowest BCUT2D eigenvalue weighted by molar-refractivity contribution is 0.200. The van der Waals surface area contributed by atoms with Crippen LogP contribution in [0.15, 0.2) is 46.6 Å². The van der Waals surface area contributed by atoms with Crippen molar-refractivity contribution in [2.45, 2.75) is 6.92 Å². The number of furan rings is 1. The fourth-order valence-electron chi connectivity index (χ4n) is 1.85. The first kappa shape index (κ1) is 14.5. The fourth-order valence-corrected chi connectivity index (χ4v) is 1.85. The molecule has 0 aromatic carbocycles. The van der Waals surface area contributed by atoms with Gasteiger partial charge in [-0.15, -0.1) is 0 Å². The van der Waals surface area contributed by atoms with Crippen LogP contribution >= 0.6 is 0 Å². The molecule has 4 nitrogen and oxygen atoms in total. The highest BCUT2D eigenvalue weighted by atomic mass is 16.5. The van der Waals surface area contributed by atoms with Crippen LogP contribution in [-0.4, -0.2) is 31.8 Å². The fraction of sp³-hybridized carbons (Fsp3) is 0.312. The Labute approximate surface area is 119 Å². The molecule has 0 atom stereocenters. The number of methoxy groups -OCH3 is 1. The molecule has 106 valence electrons. The number of nitrogens with one attached hydrogen (secondary N) is 1. The third-order valence-corrected chi connectivity index (χ3v) is 2.85. The molecule has 0 amide bonds. The van der Waals surface area contributed by atoms with Crippen molar-refractivity contribution in [3.63, 3.8) is 0 Å². The molecule has 2 heterocycles. The SMILES string of the molecule is COCCNCC(C)=Cc1ccc(-c2cccnc2)o1. The molecule has 0 radical (unpaired) electrons. The van der Waals surface area contributed by atoms with Crippen LogP contribution in [-0.2, 0) is 4.74 Å². The van der Waals surface area contributed by atoms with Gasteiger partial charge in [0.2, 0.25) is 0 Å². The molecule has 0 spiro atoms. The van der Waals surface area contributed by atoms with Crippen molar-refractivity contribution in [2.75, 3.05) is 26.8 Å². The normalized spacial score (nSPS) is 11.8. The summed E-state index contributed by atoms with van der Waals surface area (Å²) in [5.74, 6) is 1.69. The molecule has 20 heavy (non-hydrogen) atoms. The number of pyridine rings is 1. The van der Waals surface area contributed by atoms with Gasteiger partial charge in [-0.1, -0.05) is 5.57 Å². The van der Waals surface area contributed by atoms with Crippen molar-refractivity contribution in [3.8, 4) is 11.3 Å². The van der Waals surface area contributed by atoms with Gasteiger partial charge >= 0.3 is 0 Å². The van der Waals surface area contributed by atoms with Crippen LogP contribution in [0.1, 0.15) is 12.7 Å². The monoisotopic (exact) mass is 272 g/mol. The third kappa shape index (κ3) is 4.33. The van der Waals surface area contributed by atoms with E-state index >= 15 is 0 Å². The Hall–Kier alpha value is -1.91. The molecule has 0 saturated heterocycles. The van der Waals surface area contributed by atoms with Crippen molar-refractivity contribution in [2.24, 2.45) is 0 Å². The molecule has 0 unspecified atom stereocenters. The predicted molar refractivity (Wildman–Crippen MR) is 80.3 cm³/mol. The second-order valence-corrected chi connectivity index (χ2v) is 4.60. The lowest BCUT2D eigenvalue weighted by Gasteiger charge is -2.03. The molecule has 1 N–H and O–H groups in total. The van der Waals surface area contributed by atoms with Crippen LogP contribution in [0.3, 0.4) is 0 Å². The third-order valence-electron chi connectivity index (χ3n) is 2.85.